The molecule has 5 aromatic rings. The number of aromatic nitrogens is 2. The minimum absolute atomic E-state index is 0.0668. The Labute approximate surface area is 180 Å². The van der Waals surface area contributed by atoms with Crippen LogP contribution >= 0.6 is 0 Å². The van der Waals surface area contributed by atoms with Crippen molar-refractivity contribution in [2.75, 3.05) is 0 Å². The van der Waals surface area contributed by atoms with Crippen LogP contribution in [-0.2, 0) is 10.0 Å². The van der Waals surface area contributed by atoms with Gasteiger partial charge in [-0.3, -0.25) is 0 Å². The molecule has 5 rings (SSSR count). The molecule has 0 aliphatic rings. The summed E-state index contributed by atoms with van der Waals surface area (Å²) in [6.45, 7) is 0. The SMILES string of the molecule is NS(=O)(=O)c1ccccc1-c1cc(-c2ccc3ccccc3c2)nn1-c1ccccc1. The number of sulfonamides is 1. The standard InChI is InChI=1S/C25H19N3O2S/c26-31(29,30)25-13-7-6-12-22(25)24-17-23(27-28(24)21-10-2-1-3-11-21)20-15-14-18-8-4-5-9-19(18)16-20/h1-17H,(H2,26,29,30). The van der Waals surface area contributed by atoms with Crippen molar-refractivity contribution in [2.45, 2.75) is 4.90 Å². The molecule has 1 heterocycles. The van der Waals surface area contributed by atoms with Crippen molar-refractivity contribution in [1.82, 2.24) is 9.78 Å². The predicted octanol–water partition coefficient (Wildman–Crippen LogP) is 5.01. The highest BCUT2D eigenvalue weighted by atomic mass is 32.2. The molecule has 0 radical (unpaired) electrons. The Kier molecular flexibility index (Phi) is 4.66. The van der Waals surface area contributed by atoms with E-state index in [1.165, 1.54) is 6.07 Å². The average molecular weight is 426 g/mol. The van der Waals surface area contributed by atoms with E-state index in [0.717, 1.165) is 27.7 Å². The monoisotopic (exact) mass is 425 g/mol. The van der Waals surface area contributed by atoms with Gasteiger partial charge in [0.15, 0.2) is 0 Å². The number of para-hydroxylation sites is 1. The Morgan fingerprint density at radius 2 is 1.39 bits per heavy atom. The van der Waals surface area contributed by atoms with Crippen LogP contribution in [0.2, 0.25) is 0 Å². The number of nitrogens with two attached hydrogens (primary N) is 1. The van der Waals surface area contributed by atoms with Crippen LogP contribution in [0.15, 0.2) is 108 Å². The molecule has 2 N–H and O–H groups in total. The van der Waals surface area contributed by atoms with Gasteiger partial charge in [0.25, 0.3) is 0 Å². The molecule has 5 nitrogen and oxygen atoms in total. The maximum absolute atomic E-state index is 12.2. The van der Waals surface area contributed by atoms with E-state index in [4.69, 9.17) is 10.2 Å². The summed E-state index contributed by atoms with van der Waals surface area (Å²) in [7, 11) is -3.91. The number of hydrogen-bond acceptors (Lipinski definition) is 3. The van der Waals surface area contributed by atoms with Crippen LogP contribution in [0.4, 0.5) is 0 Å². The number of primary sulfonamides is 1. The van der Waals surface area contributed by atoms with Crippen LogP contribution in [0.25, 0.3) is 39.0 Å². The molecule has 0 atom stereocenters. The van der Waals surface area contributed by atoms with Gasteiger partial charge in [0, 0.05) is 11.1 Å². The third-order valence-corrected chi connectivity index (χ3v) is 6.19. The van der Waals surface area contributed by atoms with E-state index >= 15 is 0 Å². The summed E-state index contributed by atoms with van der Waals surface area (Å²) in [6, 6.07) is 32.6. The highest BCUT2D eigenvalue weighted by molar-refractivity contribution is 7.89. The second-order valence-corrected chi connectivity index (χ2v) is 8.80. The lowest BCUT2D eigenvalue weighted by atomic mass is 10.0. The Balaban J connectivity index is 1.76. The largest absolute Gasteiger partial charge is 0.238 e. The summed E-state index contributed by atoms with van der Waals surface area (Å²) in [5.41, 5.74) is 3.68. The second kappa shape index (κ2) is 7.50. The van der Waals surface area contributed by atoms with Gasteiger partial charge < -0.3 is 0 Å². The molecule has 0 fully saturated rings. The van der Waals surface area contributed by atoms with E-state index in [1.807, 2.05) is 54.6 Å². The average Bonchev–Trinajstić information content (AvgIpc) is 3.24. The number of benzene rings is 4. The molecule has 0 spiro atoms. The molecule has 6 heteroatoms. The van der Waals surface area contributed by atoms with Crippen LogP contribution in [0, 0.1) is 0 Å². The molecule has 1 aromatic heterocycles. The molecular formula is C25H19N3O2S. The van der Waals surface area contributed by atoms with Gasteiger partial charge in [0.2, 0.25) is 10.0 Å². The summed E-state index contributed by atoms with van der Waals surface area (Å²) >= 11 is 0. The molecule has 0 aliphatic heterocycles. The fraction of sp³-hybridized carbons (Fsp3) is 0. The quantitative estimate of drug-likeness (QED) is 0.440. The maximum Gasteiger partial charge on any atom is 0.238 e. The highest BCUT2D eigenvalue weighted by Gasteiger charge is 2.20. The van der Waals surface area contributed by atoms with Crippen LogP contribution < -0.4 is 5.14 Å². The smallest absolute Gasteiger partial charge is 0.232 e. The van der Waals surface area contributed by atoms with E-state index < -0.39 is 10.0 Å². The van der Waals surface area contributed by atoms with E-state index in [1.54, 1.807) is 22.9 Å². The summed E-state index contributed by atoms with van der Waals surface area (Å²) in [4.78, 5) is 0.0668. The molecule has 0 amide bonds. The first-order valence-corrected chi connectivity index (χ1v) is 11.3. The van der Waals surface area contributed by atoms with Crippen molar-refractivity contribution in [2.24, 2.45) is 5.14 Å². The fourth-order valence-corrected chi connectivity index (χ4v) is 4.50. The molecule has 0 saturated heterocycles. The molecule has 31 heavy (non-hydrogen) atoms. The number of rotatable bonds is 4. The summed E-state index contributed by atoms with van der Waals surface area (Å²) in [5, 5.41) is 12.6. The van der Waals surface area contributed by atoms with Gasteiger partial charge in [-0.1, -0.05) is 72.8 Å². The third kappa shape index (κ3) is 3.63. The van der Waals surface area contributed by atoms with E-state index in [9.17, 15) is 8.42 Å². The lowest BCUT2D eigenvalue weighted by molar-refractivity contribution is 0.598. The molecule has 0 bridgehead atoms. The lowest BCUT2D eigenvalue weighted by Gasteiger charge is -2.10. The van der Waals surface area contributed by atoms with Crippen molar-refractivity contribution in [3.63, 3.8) is 0 Å². The fourth-order valence-electron chi connectivity index (χ4n) is 3.76. The first-order chi connectivity index (χ1) is 15.0. The van der Waals surface area contributed by atoms with Gasteiger partial charge in [-0.25, -0.2) is 18.2 Å². The van der Waals surface area contributed by atoms with Gasteiger partial charge in [-0.05, 0) is 41.1 Å². The molecule has 0 aliphatic carbocycles. The Morgan fingerprint density at radius 3 is 2.16 bits per heavy atom. The summed E-state index contributed by atoms with van der Waals surface area (Å²) < 4.78 is 26.3. The van der Waals surface area contributed by atoms with Crippen LogP contribution in [-0.4, -0.2) is 18.2 Å². The molecular weight excluding hydrogens is 406 g/mol. The first-order valence-electron chi connectivity index (χ1n) is 9.77. The van der Waals surface area contributed by atoms with Crippen LogP contribution in [0.1, 0.15) is 0 Å². The predicted molar refractivity (Wildman–Crippen MR) is 123 cm³/mol. The molecule has 4 aromatic carbocycles. The first kappa shape index (κ1) is 19.2. The normalized spacial score (nSPS) is 11.6. The molecule has 0 saturated carbocycles. The number of nitrogens with zero attached hydrogens (tertiary/aromatic N) is 2. The topological polar surface area (TPSA) is 78.0 Å². The number of hydrogen-bond donors (Lipinski definition) is 1. The van der Waals surface area contributed by atoms with Gasteiger partial charge in [0.1, 0.15) is 0 Å². The van der Waals surface area contributed by atoms with Crippen molar-refractivity contribution >= 4 is 20.8 Å². The van der Waals surface area contributed by atoms with Crippen molar-refractivity contribution < 1.29 is 8.42 Å². The zero-order valence-electron chi connectivity index (χ0n) is 16.5. The Bertz CT molecular complexity index is 1510. The minimum Gasteiger partial charge on any atom is -0.232 e. The van der Waals surface area contributed by atoms with E-state index in [2.05, 4.69) is 24.3 Å². The maximum atomic E-state index is 12.2. The Morgan fingerprint density at radius 1 is 0.710 bits per heavy atom. The number of fused-ring (bicyclic) bond motifs is 1. The van der Waals surface area contributed by atoms with Crippen LogP contribution in [0.5, 0.6) is 0 Å². The zero-order valence-corrected chi connectivity index (χ0v) is 17.3. The van der Waals surface area contributed by atoms with Gasteiger partial charge in [0.05, 0.1) is 22.0 Å². The third-order valence-electron chi connectivity index (χ3n) is 5.22. The van der Waals surface area contributed by atoms with Crippen LogP contribution in [0.3, 0.4) is 0 Å². The summed E-state index contributed by atoms with van der Waals surface area (Å²) in [5.74, 6) is 0. The molecule has 0 unspecified atom stereocenters. The highest BCUT2D eigenvalue weighted by Crippen LogP contribution is 2.33. The summed E-state index contributed by atoms with van der Waals surface area (Å²) in [6.07, 6.45) is 0. The van der Waals surface area contributed by atoms with Gasteiger partial charge in [-0.15, -0.1) is 0 Å². The zero-order chi connectivity index (χ0) is 21.4. The van der Waals surface area contributed by atoms with E-state index in [-0.39, 0.29) is 4.90 Å². The van der Waals surface area contributed by atoms with Crippen molar-refractivity contribution in [3.05, 3.63) is 103 Å². The second-order valence-electron chi connectivity index (χ2n) is 7.27. The Hall–Kier alpha value is -3.74. The lowest BCUT2D eigenvalue weighted by Crippen LogP contribution is -2.14. The molecule has 152 valence electrons. The van der Waals surface area contributed by atoms with Gasteiger partial charge in [-0.2, -0.15) is 5.10 Å². The van der Waals surface area contributed by atoms with Gasteiger partial charge >= 0.3 is 0 Å². The van der Waals surface area contributed by atoms with Crippen molar-refractivity contribution in [1.29, 1.82) is 0 Å². The van der Waals surface area contributed by atoms with Crippen molar-refractivity contribution in [3.8, 4) is 28.2 Å². The minimum atomic E-state index is -3.91. The van der Waals surface area contributed by atoms with E-state index in [0.29, 0.717) is 11.3 Å².